The van der Waals surface area contributed by atoms with E-state index in [4.69, 9.17) is 9.47 Å². The SMILES string of the molecule is CCOC(=O)C(=Cc1ccc(OC)c(OC(F)F)c1)c1nccn1Cc1ccccc1. The van der Waals surface area contributed by atoms with Crippen LogP contribution in [-0.4, -0.2) is 35.8 Å². The second kappa shape index (κ2) is 10.4. The number of benzene rings is 2. The number of hydrogen-bond acceptors (Lipinski definition) is 5. The molecule has 6 nitrogen and oxygen atoms in total. The lowest BCUT2D eigenvalue weighted by atomic mass is 10.1. The molecule has 0 spiro atoms. The molecule has 0 saturated heterocycles. The maximum absolute atomic E-state index is 12.8. The van der Waals surface area contributed by atoms with E-state index in [1.165, 1.54) is 25.3 Å². The van der Waals surface area contributed by atoms with Gasteiger partial charge in [-0.25, -0.2) is 9.78 Å². The minimum absolute atomic E-state index is 0.137. The van der Waals surface area contributed by atoms with Gasteiger partial charge in [0.25, 0.3) is 0 Å². The molecule has 162 valence electrons. The molecule has 1 aromatic heterocycles. The summed E-state index contributed by atoms with van der Waals surface area (Å²) in [5.74, 6) is -0.160. The van der Waals surface area contributed by atoms with Crippen LogP contribution in [-0.2, 0) is 16.1 Å². The molecule has 0 aliphatic rings. The molecule has 0 fully saturated rings. The van der Waals surface area contributed by atoms with Crippen LogP contribution in [0.1, 0.15) is 23.9 Å². The molecular formula is C23H22F2N2O4. The average molecular weight is 428 g/mol. The van der Waals surface area contributed by atoms with Gasteiger partial charge in [0, 0.05) is 18.9 Å². The number of ether oxygens (including phenoxy) is 3. The number of halogens is 2. The highest BCUT2D eigenvalue weighted by Gasteiger charge is 2.20. The summed E-state index contributed by atoms with van der Waals surface area (Å²) in [7, 11) is 1.35. The Morgan fingerprint density at radius 2 is 1.94 bits per heavy atom. The fourth-order valence-corrected chi connectivity index (χ4v) is 3.02. The lowest BCUT2D eigenvalue weighted by Gasteiger charge is -2.13. The van der Waals surface area contributed by atoms with Gasteiger partial charge in [0.2, 0.25) is 0 Å². The monoisotopic (exact) mass is 428 g/mol. The fourth-order valence-electron chi connectivity index (χ4n) is 3.02. The van der Waals surface area contributed by atoms with E-state index in [1.807, 2.05) is 34.9 Å². The van der Waals surface area contributed by atoms with Gasteiger partial charge in [0.1, 0.15) is 11.4 Å². The summed E-state index contributed by atoms with van der Waals surface area (Å²) < 4.78 is 42.1. The summed E-state index contributed by atoms with van der Waals surface area (Å²) in [6.45, 7) is -0.636. The Balaban J connectivity index is 2.02. The molecule has 0 aliphatic carbocycles. The molecule has 1 heterocycles. The average Bonchev–Trinajstić information content (AvgIpc) is 3.20. The second-order valence-electron chi connectivity index (χ2n) is 6.43. The second-order valence-corrected chi connectivity index (χ2v) is 6.43. The van der Waals surface area contributed by atoms with E-state index in [-0.39, 0.29) is 23.7 Å². The number of methoxy groups -OCH3 is 1. The van der Waals surface area contributed by atoms with Gasteiger partial charge in [0.05, 0.1) is 13.7 Å². The van der Waals surface area contributed by atoms with Crippen molar-refractivity contribution in [2.45, 2.75) is 20.1 Å². The summed E-state index contributed by atoms with van der Waals surface area (Å²) in [5, 5.41) is 0. The first-order valence-corrected chi connectivity index (χ1v) is 9.59. The van der Waals surface area contributed by atoms with Crippen molar-refractivity contribution in [3.05, 3.63) is 77.9 Å². The third kappa shape index (κ3) is 5.69. The van der Waals surface area contributed by atoms with Crippen molar-refractivity contribution in [2.24, 2.45) is 0 Å². The van der Waals surface area contributed by atoms with Crippen LogP contribution in [0.4, 0.5) is 8.78 Å². The molecule has 3 rings (SSSR count). The smallest absolute Gasteiger partial charge is 0.387 e. The van der Waals surface area contributed by atoms with Gasteiger partial charge in [-0.15, -0.1) is 0 Å². The highest BCUT2D eigenvalue weighted by Crippen LogP contribution is 2.31. The standard InChI is InChI=1S/C23H22F2N2O4/c1-3-30-22(28)18(13-17-9-10-19(29-2)20(14-17)31-23(24)25)21-26-11-12-27(21)15-16-7-5-4-6-8-16/h4-14,23H,3,15H2,1-2H3. The maximum atomic E-state index is 12.8. The molecule has 2 aromatic carbocycles. The predicted octanol–water partition coefficient (Wildman–Crippen LogP) is 4.65. The van der Waals surface area contributed by atoms with E-state index in [0.717, 1.165) is 5.56 Å². The number of carbonyl (C=O) groups is 1. The molecular weight excluding hydrogens is 406 g/mol. The Kier molecular flexibility index (Phi) is 7.37. The third-order valence-electron chi connectivity index (χ3n) is 4.36. The summed E-state index contributed by atoms with van der Waals surface area (Å²) in [4.78, 5) is 17.1. The van der Waals surface area contributed by atoms with E-state index in [0.29, 0.717) is 17.9 Å². The van der Waals surface area contributed by atoms with E-state index < -0.39 is 12.6 Å². The number of alkyl halides is 2. The third-order valence-corrected chi connectivity index (χ3v) is 4.36. The summed E-state index contributed by atoms with van der Waals surface area (Å²) in [6.07, 6.45) is 4.87. The molecule has 0 N–H and O–H groups in total. The first-order valence-electron chi connectivity index (χ1n) is 9.59. The van der Waals surface area contributed by atoms with Crippen molar-refractivity contribution >= 4 is 17.6 Å². The fraction of sp³-hybridized carbons (Fsp3) is 0.217. The van der Waals surface area contributed by atoms with Crippen LogP contribution < -0.4 is 9.47 Å². The number of carbonyl (C=O) groups excluding carboxylic acids is 1. The molecule has 0 radical (unpaired) electrons. The van der Waals surface area contributed by atoms with Gasteiger partial charge < -0.3 is 18.8 Å². The van der Waals surface area contributed by atoms with Crippen molar-refractivity contribution in [1.29, 1.82) is 0 Å². The Hall–Kier alpha value is -3.68. The number of imidazole rings is 1. The zero-order chi connectivity index (χ0) is 22.2. The van der Waals surface area contributed by atoms with E-state index in [1.54, 1.807) is 25.4 Å². The van der Waals surface area contributed by atoms with Crippen LogP contribution in [0.2, 0.25) is 0 Å². The molecule has 3 aromatic rings. The highest BCUT2D eigenvalue weighted by atomic mass is 19.3. The van der Waals surface area contributed by atoms with Crippen LogP contribution in [0.5, 0.6) is 11.5 Å². The first kappa shape index (κ1) is 22.0. The lowest BCUT2D eigenvalue weighted by Crippen LogP contribution is -2.12. The zero-order valence-corrected chi connectivity index (χ0v) is 17.1. The Morgan fingerprint density at radius 3 is 2.61 bits per heavy atom. The highest BCUT2D eigenvalue weighted by molar-refractivity contribution is 6.20. The molecule has 0 amide bonds. The van der Waals surface area contributed by atoms with Crippen LogP contribution in [0.3, 0.4) is 0 Å². The molecule has 0 atom stereocenters. The number of rotatable bonds is 9. The van der Waals surface area contributed by atoms with Gasteiger partial charge in [-0.3, -0.25) is 0 Å². The first-order chi connectivity index (χ1) is 15.0. The topological polar surface area (TPSA) is 62.6 Å². The van der Waals surface area contributed by atoms with Crippen LogP contribution in [0, 0.1) is 0 Å². The van der Waals surface area contributed by atoms with Gasteiger partial charge in [0.15, 0.2) is 11.5 Å². The number of esters is 1. The minimum atomic E-state index is -3.01. The van der Waals surface area contributed by atoms with E-state index >= 15 is 0 Å². The molecule has 8 heteroatoms. The Morgan fingerprint density at radius 1 is 1.16 bits per heavy atom. The number of aromatic nitrogens is 2. The van der Waals surface area contributed by atoms with E-state index in [9.17, 15) is 13.6 Å². The predicted molar refractivity (Wildman–Crippen MR) is 112 cm³/mol. The van der Waals surface area contributed by atoms with Crippen molar-refractivity contribution < 1.29 is 27.8 Å². The summed E-state index contributed by atoms with van der Waals surface area (Å²) in [5.41, 5.74) is 1.67. The van der Waals surface area contributed by atoms with Gasteiger partial charge in [-0.2, -0.15) is 8.78 Å². The molecule has 31 heavy (non-hydrogen) atoms. The van der Waals surface area contributed by atoms with Gasteiger partial charge >= 0.3 is 12.6 Å². The number of hydrogen-bond donors (Lipinski definition) is 0. The molecule has 0 unspecified atom stereocenters. The summed E-state index contributed by atoms with van der Waals surface area (Å²) in [6, 6.07) is 14.2. The van der Waals surface area contributed by atoms with Crippen LogP contribution in [0.25, 0.3) is 11.6 Å². The quantitative estimate of drug-likeness (QED) is 0.367. The molecule has 0 aliphatic heterocycles. The summed E-state index contributed by atoms with van der Waals surface area (Å²) >= 11 is 0. The van der Waals surface area contributed by atoms with Crippen molar-refractivity contribution in [3.8, 4) is 11.5 Å². The van der Waals surface area contributed by atoms with E-state index in [2.05, 4.69) is 9.72 Å². The van der Waals surface area contributed by atoms with Gasteiger partial charge in [-0.05, 0) is 36.3 Å². The van der Waals surface area contributed by atoms with Gasteiger partial charge in [-0.1, -0.05) is 36.4 Å². The van der Waals surface area contributed by atoms with Crippen molar-refractivity contribution in [1.82, 2.24) is 9.55 Å². The Labute approximate surface area is 178 Å². The molecule has 0 bridgehead atoms. The zero-order valence-electron chi connectivity index (χ0n) is 17.1. The Bertz CT molecular complexity index is 1050. The largest absolute Gasteiger partial charge is 0.493 e. The number of nitrogens with zero attached hydrogens (tertiary/aromatic N) is 2. The minimum Gasteiger partial charge on any atom is -0.493 e. The van der Waals surface area contributed by atoms with Crippen LogP contribution in [0.15, 0.2) is 60.9 Å². The molecule has 0 saturated carbocycles. The normalized spacial score (nSPS) is 11.5. The van der Waals surface area contributed by atoms with Crippen molar-refractivity contribution in [3.63, 3.8) is 0 Å². The van der Waals surface area contributed by atoms with Crippen LogP contribution >= 0.6 is 0 Å². The maximum Gasteiger partial charge on any atom is 0.387 e. The lowest BCUT2D eigenvalue weighted by molar-refractivity contribution is -0.136. The van der Waals surface area contributed by atoms with Crippen molar-refractivity contribution in [2.75, 3.05) is 13.7 Å².